The van der Waals surface area contributed by atoms with Crippen LogP contribution in [0, 0.1) is 0 Å². The predicted octanol–water partition coefficient (Wildman–Crippen LogP) is 2.90. The zero-order chi connectivity index (χ0) is 20.6. The Hall–Kier alpha value is -2.59. The van der Waals surface area contributed by atoms with Crippen molar-refractivity contribution in [1.82, 2.24) is 24.8 Å². The monoisotopic (exact) mass is 436 g/mol. The molecule has 31 heavy (non-hydrogen) atoms. The fourth-order valence-corrected chi connectivity index (χ4v) is 5.43. The quantitative estimate of drug-likeness (QED) is 0.527. The Morgan fingerprint density at radius 3 is 2.65 bits per heavy atom. The van der Waals surface area contributed by atoms with Gasteiger partial charge in [-0.25, -0.2) is 9.97 Å². The van der Waals surface area contributed by atoms with Crippen LogP contribution in [0.5, 0.6) is 0 Å². The van der Waals surface area contributed by atoms with Gasteiger partial charge in [-0.15, -0.1) is 11.3 Å². The maximum absolute atomic E-state index is 5.58. The summed E-state index contributed by atoms with van der Waals surface area (Å²) in [5.74, 6) is 1.67. The Balaban J connectivity index is 1.46. The lowest BCUT2D eigenvalue weighted by atomic mass is 10.2. The molecule has 0 unspecified atom stereocenters. The summed E-state index contributed by atoms with van der Waals surface area (Å²) < 4.78 is 12.2. The van der Waals surface area contributed by atoms with E-state index in [4.69, 9.17) is 19.4 Å². The number of aromatic amines is 1. The van der Waals surface area contributed by atoms with E-state index >= 15 is 0 Å². The summed E-state index contributed by atoms with van der Waals surface area (Å²) in [5, 5.41) is 1.04. The van der Waals surface area contributed by atoms with Gasteiger partial charge in [-0.3, -0.25) is 9.88 Å². The Morgan fingerprint density at radius 1 is 1.00 bits per heavy atom. The molecule has 0 aliphatic carbocycles. The van der Waals surface area contributed by atoms with Crippen LogP contribution in [-0.4, -0.2) is 77.4 Å². The van der Waals surface area contributed by atoms with Gasteiger partial charge in [0.25, 0.3) is 0 Å². The molecule has 0 atom stereocenters. The van der Waals surface area contributed by atoms with Crippen LogP contribution in [0.2, 0.25) is 0 Å². The molecule has 160 valence electrons. The topological polar surface area (TPSA) is 79.4 Å². The molecule has 2 saturated heterocycles. The normalized spacial score (nSPS) is 18.3. The molecule has 0 bridgehead atoms. The maximum Gasteiger partial charge on any atom is 0.181 e. The standard InChI is InChI=1S/C22H24N6O2S/c1-3-23-17-2-4-24-19(16(1)17)21-25-18-13-15(14-27-5-9-29-10-6-27)31-20(18)22(26-21)28-7-11-30-12-8-28/h1-4,13,23H,5-12,14H2. The van der Waals surface area contributed by atoms with E-state index in [0.29, 0.717) is 5.82 Å². The van der Waals surface area contributed by atoms with Crippen LogP contribution in [-0.2, 0) is 16.0 Å². The summed E-state index contributed by atoms with van der Waals surface area (Å²) in [6.07, 6.45) is 3.75. The number of nitrogens with zero attached hydrogens (tertiary/aromatic N) is 5. The van der Waals surface area contributed by atoms with E-state index in [9.17, 15) is 0 Å². The average molecular weight is 437 g/mol. The largest absolute Gasteiger partial charge is 0.379 e. The summed E-state index contributed by atoms with van der Waals surface area (Å²) in [4.78, 5) is 24.0. The highest BCUT2D eigenvalue weighted by Crippen LogP contribution is 2.35. The predicted molar refractivity (Wildman–Crippen MR) is 122 cm³/mol. The van der Waals surface area contributed by atoms with Gasteiger partial charge in [0.15, 0.2) is 11.6 Å². The van der Waals surface area contributed by atoms with Crippen molar-refractivity contribution in [1.29, 1.82) is 0 Å². The van der Waals surface area contributed by atoms with Crippen LogP contribution in [0.3, 0.4) is 0 Å². The van der Waals surface area contributed by atoms with Gasteiger partial charge in [-0.05, 0) is 18.2 Å². The van der Waals surface area contributed by atoms with Crippen molar-refractivity contribution in [2.75, 3.05) is 57.5 Å². The Kier molecular flexibility index (Phi) is 5.03. The molecule has 0 amide bonds. The number of hydrogen-bond donors (Lipinski definition) is 1. The van der Waals surface area contributed by atoms with Crippen LogP contribution < -0.4 is 4.90 Å². The second kappa shape index (κ2) is 8.16. The minimum absolute atomic E-state index is 0.676. The van der Waals surface area contributed by atoms with Gasteiger partial charge in [0, 0.05) is 60.9 Å². The second-order valence-corrected chi connectivity index (χ2v) is 9.02. The molecular weight excluding hydrogens is 412 g/mol. The fourth-order valence-electron chi connectivity index (χ4n) is 4.28. The SMILES string of the molecule is c1cc2[nH]ccc2c(-c2nc(N3CCOCC3)c3sc(CN4CCOCC4)cc3n2)n1. The molecule has 0 saturated carbocycles. The molecule has 1 N–H and O–H groups in total. The van der Waals surface area contributed by atoms with Gasteiger partial charge in [-0.2, -0.15) is 0 Å². The lowest BCUT2D eigenvalue weighted by Gasteiger charge is -2.28. The summed E-state index contributed by atoms with van der Waals surface area (Å²) in [6, 6.07) is 6.24. The number of fused-ring (bicyclic) bond motifs is 2. The van der Waals surface area contributed by atoms with Gasteiger partial charge in [0.2, 0.25) is 0 Å². The molecule has 0 radical (unpaired) electrons. The van der Waals surface area contributed by atoms with E-state index in [-0.39, 0.29) is 0 Å². The molecule has 6 rings (SSSR count). The lowest BCUT2D eigenvalue weighted by molar-refractivity contribution is 0.0346. The van der Waals surface area contributed by atoms with Crippen molar-refractivity contribution in [3.63, 3.8) is 0 Å². The van der Waals surface area contributed by atoms with Crippen molar-refractivity contribution >= 4 is 38.3 Å². The zero-order valence-corrected chi connectivity index (χ0v) is 18.0. The number of anilines is 1. The number of H-pyrrole nitrogens is 1. The van der Waals surface area contributed by atoms with Crippen molar-refractivity contribution in [3.05, 3.63) is 35.5 Å². The maximum atomic E-state index is 5.58. The van der Waals surface area contributed by atoms with E-state index < -0.39 is 0 Å². The summed E-state index contributed by atoms with van der Waals surface area (Å²) >= 11 is 1.80. The van der Waals surface area contributed by atoms with Crippen LogP contribution in [0.25, 0.3) is 32.6 Å². The molecule has 0 aromatic carbocycles. The molecule has 0 spiro atoms. The number of aromatic nitrogens is 4. The van der Waals surface area contributed by atoms with Crippen molar-refractivity contribution in [3.8, 4) is 11.5 Å². The van der Waals surface area contributed by atoms with Gasteiger partial charge in [-0.1, -0.05) is 0 Å². The van der Waals surface area contributed by atoms with E-state index in [1.807, 2.05) is 24.5 Å². The number of morpholine rings is 2. The number of hydrogen-bond acceptors (Lipinski definition) is 8. The third-order valence-electron chi connectivity index (χ3n) is 5.89. The highest BCUT2D eigenvalue weighted by molar-refractivity contribution is 7.19. The number of rotatable bonds is 4. The first-order valence-electron chi connectivity index (χ1n) is 10.7. The highest BCUT2D eigenvalue weighted by Gasteiger charge is 2.22. The lowest BCUT2D eigenvalue weighted by Crippen LogP contribution is -2.36. The van der Waals surface area contributed by atoms with E-state index in [2.05, 4.69) is 25.8 Å². The van der Waals surface area contributed by atoms with Crippen LogP contribution in [0.15, 0.2) is 30.6 Å². The number of thiophene rings is 1. The summed E-state index contributed by atoms with van der Waals surface area (Å²) in [6.45, 7) is 7.60. The van der Waals surface area contributed by atoms with Crippen molar-refractivity contribution in [2.45, 2.75) is 6.54 Å². The van der Waals surface area contributed by atoms with Gasteiger partial charge in [0.1, 0.15) is 5.69 Å². The Labute approximate surface area is 183 Å². The molecule has 2 aliphatic rings. The summed E-state index contributed by atoms with van der Waals surface area (Å²) in [7, 11) is 0. The van der Waals surface area contributed by atoms with E-state index in [1.54, 1.807) is 11.3 Å². The highest BCUT2D eigenvalue weighted by atomic mass is 32.1. The first-order chi connectivity index (χ1) is 15.3. The summed E-state index contributed by atoms with van der Waals surface area (Å²) in [5.41, 5.74) is 2.85. The van der Waals surface area contributed by atoms with Crippen molar-refractivity contribution in [2.24, 2.45) is 0 Å². The second-order valence-electron chi connectivity index (χ2n) is 7.88. The fraction of sp³-hybridized carbons (Fsp3) is 0.409. The molecule has 8 nitrogen and oxygen atoms in total. The smallest absolute Gasteiger partial charge is 0.181 e. The minimum Gasteiger partial charge on any atom is -0.379 e. The van der Waals surface area contributed by atoms with E-state index in [1.165, 1.54) is 4.88 Å². The van der Waals surface area contributed by atoms with Gasteiger partial charge >= 0.3 is 0 Å². The minimum atomic E-state index is 0.676. The molecule has 6 heterocycles. The first kappa shape index (κ1) is 19.1. The third-order valence-corrected chi connectivity index (χ3v) is 6.99. The van der Waals surface area contributed by atoms with E-state index in [0.717, 1.165) is 91.8 Å². The molecule has 4 aromatic rings. The van der Waals surface area contributed by atoms with Crippen LogP contribution in [0.4, 0.5) is 5.82 Å². The van der Waals surface area contributed by atoms with Gasteiger partial charge < -0.3 is 19.4 Å². The molecule has 2 fully saturated rings. The molecular formula is C22H24N6O2S. The number of nitrogens with one attached hydrogen (secondary N) is 1. The van der Waals surface area contributed by atoms with Crippen LogP contribution in [0.1, 0.15) is 4.88 Å². The van der Waals surface area contributed by atoms with Gasteiger partial charge in [0.05, 0.1) is 36.6 Å². The molecule has 2 aliphatic heterocycles. The average Bonchev–Trinajstić information content (AvgIpc) is 3.46. The third kappa shape index (κ3) is 3.67. The number of ether oxygens (including phenoxy) is 2. The first-order valence-corrected chi connectivity index (χ1v) is 11.5. The Bertz CT molecular complexity index is 1210. The Morgan fingerprint density at radius 2 is 1.81 bits per heavy atom. The molecule has 4 aromatic heterocycles. The van der Waals surface area contributed by atoms with Crippen molar-refractivity contribution < 1.29 is 9.47 Å². The van der Waals surface area contributed by atoms with Crippen LogP contribution >= 0.6 is 11.3 Å². The number of pyridine rings is 1. The molecule has 9 heteroatoms. The zero-order valence-electron chi connectivity index (χ0n) is 17.2.